The van der Waals surface area contributed by atoms with Crippen molar-refractivity contribution in [2.45, 2.75) is 26.2 Å². The summed E-state index contributed by atoms with van der Waals surface area (Å²) in [7, 11) is 1.71. The third-order valence-electron chi connectivity index (χ3n) is 3.42. The van der Waals surface area contributed by atoms with Crippen LogP contribution in [0.5, 0.6) is 5.75 Å². The molecule has 134 valence electrons. The number of benzene rings is 1. The van der Waals surface area contributed by atoms with Gasteiger partial charge in [-0.1, -0.05) is 32.4 Å². The summed E-state index contributed by atoms with van der Waals surface area (Å²) in [6.45, 7) is 5.57. The van der Waals surface area contributed by atoms with Gasteiger partial charge in [0.25, 0.3) is 5.91 Å². The molecule has 1 heterocycles. The van der Waals surface area contributed by atoms with E-state index in [1.54, 1.807) is 19.2 Å². The minimum Gasteiger partial charge on any atom is -0.480 e. The molecule has 1 aromatic carbocycles. The zero-order valence-electron chi connectivity index (χ0n) is 14.5. The molecule has 2 N–H and O–H groups in total. The molecule has 0 aliphatic heterocycles. The van der Waals surface area contributed by atoms with Crippen molar-refractivity contribution in [2.75, 3.05) is 11.9 Å². The Morgan fingerprint density at radius 2 is 2.00 bits per heavy atom. The molecule has 1 amide bonds. The second-order valence-electron chi connectivity index (χ2n) is 6.57. The van der Waals surface area contributed by atoms with Crippen molar-refractivity contribution in [1.29, 1.82) is 0 Å². The van der Waals surface area contributed by atoms with Gasteiger partial charge in [0.15, 0.2) is 6.61 Å². The number of carbonyl (C=O) groups excluding carboxylic acids is 1. The van der Waals surface area contributed by atoms with E-state index < -0.39 is 12.6 Å². The Balaban J connectivity index is 2.14. The van der Waals surface area contributed by atoms with Crippen molar-refractivity contribution in [3.05, 3.63) is 40.7 Å². The van der Waals surface area contributed by atoms with Gasteiger partial charge in [0.2, 0.25) is 0 Å². The van der Waals surface area contributed by atoms with Gasteiger partial charge in [0.05, 0.1) is 10.7 Å². The zero-order valence-corrected chi connectivity index (χ0v) is 15.2. The number of hydrogen-bond acceptors (Lipinski definition) is 4. The van der Waals surface area contributed by atoms with E-state index in [-0.39, 0.29) is 22.1 Å². The van der Waals surface area contributed by atoms with E-state index in [0.29, 0.717) is 11.4 Å². The van der Waals surface area contributed by atoms with Crippen molar-refractivity contribution in [3.63, 3.8) is 0 Å². The van der Waals surface area contributed by atoms with Gasteiger partial charge in [-0.05, 0) is 24.3 Å². The zero-order chi connectivity index (χ0) is 18.8. The highest BCUT2D eigenvalue weighted by Crippen LogP contribution is 2.28. The van der Waals surface area contributed by atoms with Gasteiger partial charge >= 0.3 is 5.97 Å². The number of hydrogen-bond donors (Lipinski definition) is 2. The second kappa shape index (κ2) is 7.14. The number of carbonyl (C=O) groups is 2. The Morgan fingerprint density at radius 1 is 1.32 bits per heavy atom. The molecule has 1 aromatic heterocycles. The second-order valence-corrected chi connectivity index (χ2v) is 6.98. The number of carboxylic acids is 1. The summed E-state index contributed by atoms with van der Waals surface area (Å²) in [5.74, 6) is -1.18. The number of rotatable bonds is 5. The van der Waals surface area contributed by atoms with Crippen LogP contribution < -0.4 is 10.1 Å². The van der Waals surface area contributed by atoms with E-state index in [1.807, 2.05) is 20.8 Å². The van der Waals surface area contributed by atoms with Crippen LogP contribution in [0, 0.1) is 0 Å². The molecule has 0 atom stereocenters. The van der Waals surface area contributed by atoms with Gasteiger partial charge in [-0.25, -0.2) is 4.79 Å². The smallest absolute Gasteiger partial charge is 0.341 e. The monoisotopic (exact) mass is 365 g/mol. The molecule has 25 heavy (non-hydrogen) atoms. The van der Waals surface area contributed by atoms with Crippen molar-refractivity contribution in [2.24, 2.45) is 7.05 Å². The third-order valence-corrected chi connectivity index (χ3v) is 3.72. The van der Waals surface area contributed by atoms with Crippen LogP contribution in [0.25, 0.3) is 0 Å². The van der Waals surface area contributed by atoms with E-state index >= 15 is 0 Å². The van der Waals surface area contributed by atoms with Crippen LogP contribution in [0.15, 0.2) is 24.3 Å². The number of amides is 1. The first kappa shape index (κ1) is 18.8. The molecule has 0 unspecified atom stereocenters. The molecule has 0 radical (unpaired) electrons. The fourth-order valence-electron chi connectivity index (χ4n) is 2.08. The predicted molar refractivity (Wildman–Crippen MR) is 94.4 cm³/mol. The fourth-order valence-corrected chi connectivity index (χ4v) is 2.31. The highest BCUT2D eigenvalue weighted by Gasteiger charge is 2.21. The summed E-state index contributed by atoms with van der Waals surface area (Å²) >= 11 is 6.05. The third kappa shape index (κ3) is 4.73. The molecule has 0 spiro atoms. The Labute approximate surface area is 150 Å². The molecule has 0 bridgehead atoms. The molecule has 2 aromatic rings. The Morgan fingerprint density at radius 3 is 2.52 bits per heavy atom. The maximum Gasteiger partial charge on any atom is 0.341 e. The summed E-state index contributed by atoms with van der Waals surface area (Å²) in [6.07, 6.45) is 0. The van der Waals surface area contributed by atoms with Gasteiger partial charge < -0.3 is 15.2 Å². The molecule has 0 saturated heterocycles. The van der Waals surface area contributed by atoms with E-state index in [4.69, 9.17) is 21.4 Å². The quantitative estimate of drug-likeness (QED) is 0.849. The SMILES string of the molecule is Cn1nc(C(C)(C)C)cc1C(=O)Nc1ccc(OCC(=O)O)c(Cl)c1. The summed E-state index contributed by atoms with van der Waals surface area (Å²) in [5.41, 5.74) is 1.54. The van der Waals surface area contributed by atoms with Crippen LogP contribution in [0.3, 0.4) is 0 Å². The Kier molecular flexibility index (Phi) is 5.37. The number of halogens is 1. The predicted octanol–water partition coefficient (Wildman–Crippen LogP) is 3.09. The van der Waals surface area contributed by atoms with Crippen molar-refractivity contribution < 1.29 is 19.4 Å². The van der Waals surface area contributed by atoms with E-state index in [9.17, 15) is 9.59 Å². The summed E-state index contributed by atoms with van der Waals surface area (Å²) in [5, 5.41) is 15.9. The molecule has 0 fully saturated rings. The number of aryl methyl sites for hydroxylation is 1. The van der Waals surface area contributed by atoms with Crippen LogP contribution in [-0.2, 0) is 17.3 Å². The van der Waals surface area contributed by atoms with Crippen LogP contribution in [0.4, 0.5) is 5.69 Å². The van der Waals surface area contributed by atoms with E-state index in [0.717, 1.165) is 5.69 Å². The minimum absolute atomic E-state index is 0.164. The lowest BCUT2D eigenvalue weighted by molar-refractivity contribution is -0.139. The molecule has 2 rings (SSSR count). The lowest BCUT2D eigenvalue weighted by Crippen LogP contribution is -2.16. The Hall–Kier alpha value is -2.54. The van der Waals surface area contributed by atoms with Gasteiger partial charge in [0.1, 0.15) is 11.4 Å². The summed E-state index contributed by atoms with van der Waals surface area (Å²) < 4.78 is 6.57. The van der Waals surface area contributed by atoms with Gasteiger partial charge in [-0.2, -0.15) is 5.10 Å². The number of anilines is 1. The normalized spacial score (nSPS) is 11.2. The highest BCUT2D eigenvalue weighted by molar-refractivity contribution is 6.32. The molecular formula is C17H20ClN3O4. The number of aliphatic carboxylic acids is 1. The maximum absolute atomic E-state index is 12.5. The fraction of sp³-hybridized carbons (Fsp3) is 0.353. The van der Waals surface area contributed by atoms with Gasteiger partial charge in [-0.15, -0.1) is 0 Å². The topological polar surface area (TPSA) is 93.5 Å². The van der Waals surface area contributed by atoms with Crippen LogP contribution >= 0.6 is 11.6 Å². The average Bonchev–Trinajstić information content (AvgIpc) is 2.88. The first-order chi connectivity index (χ1) is 11.6. The van der Waals surface area contributed by atoms with Gasteiger partial charge in [-0.3, -0.25) is 9.48 Å². The van der Waals surface area contributed by atoms with Crippen molar-refractivity contribution in [1.82, 2.24) is 9.78 Å². The summed E-state index contributed by atoms with van der Waals surface area (Å²) in [4.78, 5) is 23.0. The molecule has 0 aliphatic rings. The molecule has 0 aliphatic carbocycles. The maximum atomic E-state index is 12.5. The van der Waals surface area contributed by atoms with Crippen LogP contribution in [0.1, 0.15) is 37.0 Å². The first-order valence-corrected chi connectivity index (χ1v) is 7.95. The number of nitrogens with zero attached hydrogens (tertiary/aromatic N) is 2. The molecule has 7 nitrogen and oxygen atoms in total. The standard InChI is InChI=1S/C17H20ClN3O4/c1-17(2,3)14-8-12(21(4)20-14)16(24)19-10-5-6-13(11(18)7-10)25-9-15(22)23/h5-8H,9H2,1-4H3,(H,19,24)(H,22,23). The lowest BCUT2D eigenvalue weighted by atomic mass is 9.92. The molecule has 8 heteroatoms. The van der Waals surface area contributed by atoms with Crippen molar-refractivity contribution >= 4 is 29.2 Å². The molecule has 0 saturated carbocycles. The number of carboxylic acid groups (broad SMARTS) is 1. The van der Waals surface area contributed by atoms with Crippen molar-refractivity contribution in [3.8, 4) is 5.75 Å². The minimum atomic E-state index is -1.10. The van der Waals surface area contributed by atoms with E-state index in [2.05, 4.69) is 10.4 Å². The van der Waals surface area contributed by atoms with E-state index in [1.165, 1.54) is 16.8 Å². The average molecular weight is 366 g/mol. The number of ether oxygens (including phenoxy) is 1. The number of aromatic nitrogens is 2. The Bertz CT molecular complexity index is 809. The first-order valence-electron chi connectivity index (χ1n) is 7.58. The van der Waals surface area contributed by atoms with Crippen LogP contribution in [0.2, 0.25) is 5.02 Å². The summed E-state index contributed by atoms with van der Waals surface area (Å²) in [6, 6.07) is 6.34. The van der Waals surface area contributed by atoms with Crippen LogP contribution in [-0.4, -0.2) is 33.4 Å². The molecular weight excluding hydrogens is 346 g/mol. The largest absolute Gasteiger partial charge is 0.480 e. The lowest BCUT2D eigenvalue weighted by Gasteiger charge is -2.13. The number of nitrogens with one attached hydrogen (secondary N) is 1. The van der Waals surface area contributed by atoms with Gasteiger partial charge in [0, 0.05) is 18.2 Å². The highest BCUT2D eigenvalue weighted by atomic mass is 35.5.